The van der Waals surface area contributed by atoms with Crippen LogP contribution in [0.5, 0.6) is 5.75 Å². The highest BCUT2D eigenvalue weighted by atomic mass is 16.6. The normalized spacial score (nSPS) is 11.6. The van der Waals surface area contributed by atoms with Crippen LogP contribution in [0.3, 0.4) is 0 Å². The number of nitrogens with one attached hydrogen (secondary N) is 1. The number of benzene rings is 3. The van der Waals surface area contributed by atoms with Crippen molar-refractivity contribution in [3.63, 3.8) is 0 Å². The molecule has 0 aliphatic carbocycles. The third kappa shape index (κ3) is 7.94. The number of amides is 1. The third-order valence-electron chi connectivity index (χ3n) is 5.09. The summed E-state index contributed by atoms with van der Waals surface area (Å²) in [5, 5.41) is 12.2. The zero-order valence-corrected chi connectivity index (χ0v) is 20.2. The molecule has 3 rings (SSSR count). The first-order valence-corrected chi connectivity index (χ1v) is 11.4. The summed E-state index contributed by atoms with van der Waals surface area (Å²) in [6.07, 6.45) is 1.00. The van der Waals surface area contributed by atoms with Crippen molar-refractivity contribution >= 4 is 17.6 Å². The predicted molar refractivity (Wildman–Crippen MR) is 137 cm³/mol. The minimum atomic E-state index is -0.814. The molecule has 0 saturated heterocycles. The van der Waals surface area contributed by atoms with E-state index in [1.807, 2.05) is 30.3 Å². The first-order chi connectivity index (χ1) is 16.6. The molecule has 0 unspecified atom stereocenters. The number of anilines is 1. The summed E-state index contributed by atoms with van der Waals surface area (Å²) in [7, 11) is 0. The van der Waals surface area contributed by atoms with Crippen LogP contribution in [-0.2, 0) is 16.0 Å². The van der Waals surface area contributed by atoms with Crippen LogP contribution in [0, 0.1) is 11.8 Å². The number of carbonyl (C=O) groups excluding carboxylic acids is 2. The van der Waals surface area contributed by atoms with E-state index >= 15 is 0 Å². The second-order valence-corrected chi connectivity index (χ2v) is 9.18. The topological polar surface area (TPSA) is 102 Å². The molecule has 3 aromatic rings. The molecule has 4 N–H and O–H groups in total. The summed E-state index contributed by atoms with van der Waals surface area (Å²) in [6, 6.07) is 20.2. The van der Waals surface area contributed by atoms with Crippen molar-refractivity contribution in [1.29, 1.82) is 0 Å². The number of aryl methyl sites for hydroxylation is 1. The van der Waals surface area contributed by atoms with Gasteiger partial charge in [0.05, 0.1) is 0 Å². The second-order valence-electron chi connectivity index (χ2n) is 9.18. The molecule has 6 nitrogen and oxygen atoms in total. The number of hydrogen-bond donors (Lipinski definition) is 3. The van der Waals surface area contributed by atoms with Crippen LogP contribution in [-0.4, -0.2) is 28.6 Å². The highest BCUT2D eigenvalue weighted by molar-refractivity contribution is 5.97. The minimum absolute atomic E-state index is 0.153. The van der Waals surface area contributed by atoms with Gasteiger partial charge in [-0.1, -0.05) is 42.2 Å². The van der Waals surface area contributed by atoms with Crippen LogP contribution in [0.25, 0.3) is 0 Å². The average Bonchev–Trinajstić information content (AvgIpc) is 2.81. The van der Waals surface area contributed by atoms with E-state index in [2.05, 4.69) is 17.2 Å². The summed E-state index contributed by atoms with van der Waals surface area (Å²) in [6.45, 7) is 5.37. The number of nitrogen functional groups attached to an aromatic ring is 1. The monoisotopic (exact) mass is 470 g/mol. The fourth-order valence-corrected chi connectivity index (χ4v) is 3.31. The lowest BCUT2D eigenvalue weighted by Gasteiger charge is -2.24. The molecule has 0 radical (unpaired) electrons. The third-order valence-corrected chi connectivity index (χ3v) is 5.09. The Labute approximate surface area is 206 Å². The molecule has 0 aromatic heterocycles. The summed E-state index contributed by atoms with van der Waals surface area (Å²) in [4.78, 5) is 25.9. The number of hydrogen-bond acceptors (Lipinski definition) is 5. The van der Waals surface area contributed by atoms with E-state index in [9.17, 15) is 14.7 Å². The predicted octanol–water partition coefficient (Wildman–Crippen LogP) is 4.45. The lowest BCUT2D eigenvalue weighted by Crippen LogP contribution is -2.44. The van der Waals surface area contributed by atoms with E-state index in [1.165, 1.54) is 0 Å². The van der Waals surface area contributed by atoms with Gasteiger partial charge in [-0.15, -0.1) is 0 Å². The number of carbonyl (C=O) groups is 2. The van der Waals surface area contributed by atoms with E-state index in [1.54, 1.807) is 63.2 Å². The summed E-state index contributed by atoms with van der Waals surface area (Å²) < 4.78 is 5.55. The zero-order chi connectivity index (χ0) is 25.4. The van der Waals surface area contributed by atoms with Gasteiger partial charge in [0.25, 0.3) is 5.91 Å². The van der Waals surface area contributed by atoms with E-state index in [0.717, 1.165) is 5.56 Å². The summed E-state index contributed by atoms with van der Waals surface area (Å²) in [5.74, 6) is 5.20. The van der Waals surface area contributed by atoms with Crippen molar-refractivity contribution in [1.82, 2.24) is 5.32 Å². The van der Waals surface area contributed by atoms with Crippen molar-refractivity contribution in [2.24, 2.45) is 0 Å². The van der Waals surface area contributed by atoms with Crippen LogP contribution in [0.15, 0.2) is 72.8 Å². The maximum Gasteiger partial charge on any atom is 0.329 e. The molecule has 0 saturated carbocycles. The Balaban J connectivity index is 1.78. The number of phenolic OH excluding ortho intramolecular Hbond substituents is 1. The van der Waals surface area contributed by atoms with Crippen LogP contribution in [0.2, 0.25) is 0 Å². The smallest absolute Gasteiger partial charge is 0.329 e. The van der Waals surface area contributed by atoms with Crippen molar-refractivity contribution in [3.8, 4) is 17.6 Å². The fourth-order valence-electron chi connectivity index (χ4n) is 3.31. The molecule has 0 bridgehead atoms. The van der Waals surface area contributed by atoms with E-state index < -0.39 is 23.5 Å². The number of rotatable bonds is 6. The first kappa shape index (κ1) is 25.4. The maximum atomic E-state index is 13.1. The Morgan fingerprint density at radius 1 is 1.00 bits per heavy atom. The van der Waals surface area contributed by atoms with Crippen molar-refractivity contribution < 1.29 is 19.4 Å². The lowest BCUT2D eigenvalue weighted by atomic mass is 10.0. The Hall–Kier alpha value is -4.24. The van der Waals surface area contributed by atoms with Crippen LogP contribution in [0.1, 0.15) is 54.2 Å². The number of phenols is 1. The number of nitrogens with two attached hydrogens (primary N) is 1. The SMILES string of the molecule is CC(C)(C)OC(=O)[C@H](CCc1ccccc1)NC(=O)c1ccc(N)c(C#Cc2ccc(O)cc2)c1. The molecule has 0 aliphatic rings. The van der Waals surface area contributed by atoms with Crippen molar-refractivity contribution in [2.45, 2.75) is 45.3 Å². The van der Waals surface area contributed by atoms with Gasteiger partial charge in [-0.05, 0) is 81.6 Å². The molecule has 0 aliphatic heterocycles. The number of ether oxygens (including phenoxy) is 1. The van der Waals surface area contributed by atoms with Gasteiger partial charge >= 0.3 is 5.97 Å². The van der Waals surface area contributed by atoms with Gasteiger partial charge in [-0.25, -0.2) is 4.79 Å². The summed E-state index contributed by atoms with van der Waals surface area (Å²) >= 11 is 0. The van der Waals surface area contributed by atoms with Crippen LogP contribution < -0.4 is 11.1 Å². The van der Waals surface area contributed by atoms with E-state index in [-0.39, 0.29) is 5.75 Å². The van der Waals surface area contributed by atoms with Gasteiger partial charge in [-0.2, -0.15) is 0 Å². The molecular weight excluding hydrogens is 440 g/mol. The first-order valence-electron chi connectivity index (χ1n) is 11.4. The molecule has 3 aromatic carbocycles. The van der Waals surface area contributed by atoms with Gasteiger partial charge in [0.15, 0.2) is 0 Å². The molecule has 6 heteroatoms. The van der Waals surface area contributed by atoms with Crippen LogP contribution in [0.4, 0.5) is 5.69 Å². The standard InChI is InChI=1S/C29H30N2O4/c1-29(2,3)35-28(34)26(18-12-20-7-5-4-6-8-20)31-27(33)23-14-17-25(30)22(19-23)13-9-21-10-15-24(32)16-11-21/h4-8,10-11,14-17,19,26,32H,12,18,30H2,1-3H3,(H,31,33)/t26-/m0/s1. The van der Waals surface area contributed by atoms with Gasteiger partial charge < -0.3 is 20.9 Å². The maximum absolute atomic E-state index is 13.1. The molecule has 180 valence electrons. The Morgan fingerprint density at radius 3 is 2.34 bits per heavy atom. The highest BCUT2D eigenvalue weighted by Gasteiger charge is 2.27. The average molecular weight is 471 g/mol. The van der Waals surface area contributed by atoms with Gasteiger partial charge in [-0.3, -0.25) is 4.79 Å². The van der Waals surface area contributed by atoms with Gasteiger partial charge in [0.2, 0.25) is 0 Å². The van der Waals surface area contributed by atoms with Gasteiger partial charge in [0.1, 0.15) is 17.4 Å². The molecule has 0 heterocycles. The van der Waals surface area contributed by atoms with Gasteiger partial charge in [0, 0.05) is 22.4 Å². The fraction of sp³-hybridized carbons (Fsp3) is 0.241. The minimum Gasteiger partial charge on any atom is -0.508 e. The molecular formula is C29H30N2O4. The van der Waals surface area contributed by atoms with E-state index in [4.69, 9.17) is 10.5 Å². The largest absolute Gasteiger partial charge is 0.508 e. The number of esters is 1. The molecule has 0 fully saturated rings. The lowest BCUT2D eigenvalue weighted by molar-refractivity contribution is -0.157. The number of aromatic hydroxyl groups is 1. The van der Waals surface area contributed by atoms with Crippen molar-refractivity contribution in [3.05, 3.63) is 95.1 Å². The molecule has 35 heavy (non-hydrogen) atoms. The molecule has 0 spiro atoms. The second kappa shape index (κ2) is 11.3. The Bertz CT molecular complexity index is 1230. The van der Waals surface area contributed by atoms with Crippen molar-refractivity contribution in [2.75, 3.05) is 5.73 Å². The quantitative estimate of drug-likeness (QED) is 0.281. The zero-order valence-electron chi connectivity index (χ0n) is 20.2. The summed E-state index contributed by atoms with van der Waals surface area (Å²) in [5.41, 5.74) is 8.40. The Kier molecular flexibility index (Phi) is 8.17. The van der Waals surface area contributed by atoms with Crippen LogP contribution >= 0.6 is 0 Å². The van der Waals surface area contributed by atoms with E-state index in [0.29, 0.717) is 35.2 Å². The highest BCUT2D eigenvalue weighted by Crippen LogP contribution is 2.16. The molecule has 1 atom stereocenters. The Morgan fingerprint density at radius 2 is 1.69 bits per heavy atom. The molecule has 1 amide bonds.